The van der Waals surface area contributed by atoms with Gasteiger partial charge < -0.3 is 5.32 Å². The van der Waals surface area contributed by atoms with Crippen LogP contribution < -0.4 is 10.7 Å². The molecule has 4 rings (SSSR count). The highest BCUT2D eigenvalue weighted by Gasteiger charge is 2.15. The summed E-state index contributed by atoms with van der Waals surface area (Å²) in [6.45, 7) is 1.42. The van der Waals surface area contributed by atoms with Crippen molar-refractivity contribution in [3.63, 3.8) is 0 Å². The van der Waals surface area contributed by atoms with Crippen molar-refractivity contribution < 1.29 is 4.79 Å². The Morgan fingerprint density at radius 1 is 1.17 bits per heavy atom. The molecule has 0 aliphatic rings. The largest absolute Gasteiger partial charge is 0.310 e. The van der Waals surface area contributed by atoms with Crippen molar-refractivity contribution in [1.29, 1.82) is 0 Å². The van der Waals surface area contributed by atoms with E-state index in [2.05, 4.69) is 10.3 Å². The summed E-state index contributed by atoms with van der Waals surface area (Å²) in [4.78, 5) is 29.2. The Bertz CT molecular complexity index is 1200. The Morgan fingerprint density at radius 2 is 1.96 bits per heavy atom. The van der Waals surface area contributed by atoms with E-state index in [-0.39, 0.29) is 11.3 Å². The molecule has 0 radical (unpaired) electrons. The van der Waals surface area contributed by atoms with Crippen molar-refractivity contribution in [3.8, 4) is 0 Å². The van der Waals surface area contributed by atoms with E-state index in [0.29, 0.717) is 31.8 Å². The molecule has 0 saturated carbocycles. The van der Waals surface area contributed by atoms with Gasteiger partial charge in [-0.3, -0.25) is 9.59 Å². The number of anilines is 1. The van der Waals surface area contributed by atoms with Crippen LogP contribution in [0.1, 0.15) is 6.92 Å². The molecule has 6 heteroatoms. The van der Waals surface area contributed by atoms with Crippen LogP contribution in [0.2, 0.25) is 5.02 Å². The third-order valence-corrected chi connectivity index (χ3v) is 5.18. The van der Waals surface area contributed by atoms with Crippen LogP contribution in [-0.2, 0) is 4.79 Å². The summed E-state index contributed by atoms with van der Waals surface area (Å²) in [5, 5.41) is 5.16. The van der Waals surface area contributed by atoms with Gasteiger partial charge in [0.1, 0.15) is 0 Å². The van der Waals surface area contributed by atoms with Crippen molar-refractivity contribution in [2.24, 2.45) is 0 Å². The number of halogens is 1. The van der Waals surface area contributed by atoms with E-state index in [4.69, 9.17) is 11.6 Å². The lowest BCUT2D eigenvalue weighted by molar-refractivity contribution is -0.114. The zero-order valence-electron chi connectivity index (χ0n) is 12.6. The van der Waals surface area contributed by atoms with E-state index in [0.717, 1.165) is 10.1 Å². The van der Waals surface area contributed by atoms with Gasteiger partial charge in [0, 0.05) is 27.4 Å². The van der Waals surface area contributed by atoms with Gasteiger partial charge in [-0.1, -0.05) is 29.8 Å². The summed E-state index contributed by atoms with van der Waals surface area (Å²) in [5.41, 5.74) is 0.561. The molecule has 2 aromatic carbocycles. The quantitative estimate of drug-likeness (QED) is 0.402. The number of hydrogen-bond donors (Lipinski definition) is 1. The van der Waals surface area contributed by atoms with Gasteiger partial charge in [0.15, 0.2) is 11.2 Å². The number of carbonyl (C=O) groups is 1. The zero-order chi connectivity index (χ0) is 16.8. The fraction of sp³-hybridized carbons (Fsp3) is 0.0556. The Labute approximate surface area is 145 Å². The number of nitrogens with zero attached hydrogens (tertiary/aromatic N) is 1. The van der Waals surface area contributed by atoms with Crippen LogP contribution in [0.25, 0.3) is 31.1 Å². The van der Waals surface area contributed by atoms with E-state index >= 15 is 0 Å². The van der Waals surface area contributed by atoms with Crippen molar-refractivity contribution >= 4 is 65.7 Å². The third kappa shape index (κ3) is 2.33. The fourth-order valence-electron chi connectivity index (χ4n) is 2.78. The van der Waals surface area contributed by atoms with Crippen LogP contribution in [0.5, 0.6) is 0 Å². The van der Waals surface area contributed by atoms with Crippen LogP contribution in [0.3, 0.4) is 0 Å². The molecule has 0 unspecified atom stereocenters. The number of benzene rings is 2. The minimum Gasteiger partial charge on any atom is -0.310 e. The fourth-order valence-corrected chi connectivity index (χ4v) is 4.07. The minimum atomic E-state index is -0.227. The van der Waals surface area contributed by atoms with Crippen LogP contribution in [0.4, 0.5) is 5.82 Å². The number of fused-ring (bicyclic) bond motifs is 4. The molecule has 24 heavy (non-hydrogen) atoms. The van der Waals surface area contributed by atoms with E-state index in [1.165, 1.54) is 18.3 Å². The Kier molecular flexibility index (Phi) is 3.48. The second-order valence-electron chi connectivity index (χ2n) is 5.43. The molecule has 0 atom stereocenters. The summed E-state index contributed by atoms with van der Waals surface area (Å²) in [7, 11) is 0. The molecule has 2 heterocycles. The smallest absolute Gasteiger partial charge is 0.222 e. The highest BCUT2D eigenvalue weighted by molar-refractivity contribution is 7.25. The lowest BCUT2D eigenvalue weighted by atomic mass is 10.1. The molecule has 0 bridgehead atoms. The van der Waals surface area contributed by atoms with E-state index in [9.17, 15) is 9.59 Å². The topological polar surface area (TPSA) is 59.1 Å². The summed E-state index contributed by atoms with van der Waals surface area (Å²) >= 11 is 7.48. The van der Waals surface area contributed by atoms with Crippen LogP contribution in [-0.4, -0.2) is 10.9 Å². The van der Waals surface area contributed by atoms with Crippen molar-refractivity contribution in [3.05, 3.63) is 57.7 Å². The van der Waals surface area contributed by atoms with Gasteiger partial charge >= 0.3 is 0 Å². The lowest BCUT2D eigenvalue weighted by Gasteiger charge is -2.10. The maximum atomic E-state index is 13.1. The molecule has 2 aromatic heterocycles. The predicted molar refractivity (Wildman–Crippen MR) is 100 cm³/mol. The van der Waals surface area contributed by atoms with Gasteiger partial charge in [-0.25, -0.2) is 4.98 Å². The first-order valence-electron chi connectivity index (χ1n) is 7.27. The molecule has 0 fully saturated rings. The zero-order valence-corrected chi connectivity index (χ0v) is 14.2. The highest BCUT2D eigenvalue weighted by atomic mass is 35.5. The number of nitrogens with one attached hydrogen (secondary N) is 1. The number of pyridine rings is 1. The molecule has 0 aliphatic heterocycles. The molecule has 4 aromatic rings. The number of carbonyl (C=O) groups excluding carboxylic acids is 1. The average Bonchev–Trinajstić information content (AvgIpc) is 2.55. The number of para-hydroxylation sites is 1. The molecular formula is C18H11ClN2O2S. The second kappa shape index (κ2) is 5.54. The van der Waals surface area contributed by atoms with E-state index in [1.807, 2.05) is 30.3 Å². The van der Waals surface area contributed by atoms with Gasteiger partial charge in [0.2, 0.25) is 5.91 Å². The van der Waals surface area contributed by atoms with Gasteiger partial charge in [-0.2, -0.15) is 0 Å². The maximum Gasteiger partial charge on any atom is 0.222 e. The third-order valence-electron chi connectivity index (χ3n) is 3.77. The van der Waals surface area contributed by atoms with Gasteiger partial charge in [0.25, 0.3) is 0 Å². The normalized spacial score (nSPS) is 11.2. The molecule has 118 valence electrons. The lowest BCUT2D eigenvalue weighted by Crippen LogP contribution is -2.10. The summed E-state index contributed by atoms with van der Waals surface area (Å²) in [5.74, 6) is 0.185. The van der Waals surface area contributed by atoms with Crippen molar-refractivity contribution in [2.45, 2.75) is 6.92 Å². The van der Waals surface area contributed by atoms with Gasteiger partial charge in [0.05, 0.1) is 15.6 Å². The number of aromatic nitrogens is 1. The summed E-state index contributed by atoms with van der Waals surface area (Å²) in [6, 6.07) is 12.7. The molecule has 4 nitrogen and oxygen atoms in total. The van der Waals surface area contributed by atoms with Crippen molar-refractivity contribution in [2.75, 3.05) is 5.32 Å². The first kappa shape index (κ1) is 15.1. The predicted octanol–water partition coefficient (Wildman–Crippen LogP) is 4.57. The molecule has 0 spiro atoms. The first-order chi connectivity index (χ1) is 11.5. The standard InChI is InChI=1S/C18H11ClN2O2S/c1-9(22)20-18-17-15(11-4-2-3-5-13(11)21-18)16(23)12-8-10(19)6-7-14(12)24-17/h2-8H,1H3,(H,20,21,22). The molecule has 1 N–H and O–H groups in total. The summed E-state index contributed by atoms with van der Waals surface area (Å²) < 4.78 is 1.48. The highest BCUT2D eigenvalue weighted by Crippen LogP contribution is 2.34. The average molecular weight is 355 g/mol. The second-order valence-corrected chi connectivity index (χ2v) is 6.92. The van der Waals surface area contributed by atoms with Gasteiger partial charge in [-0.05, 0) is 24.3 Å². The Morgan fingerprint density at radius 3 is 2.75 bits per heavy atom. The molecule has 1 amide bonds. The van der Waals surface area contributed by atoms with Gasteiger partial charge in [-0.15, -0.1) is 11.3 Å². The Balaban J connectivity index is 2.28. The van der Waals surface area contributed by atoms with E-state index < -0.39 is 0 Å². The first-order valence-corrected chi connectivity index (χ1v) is 8.46. The maximum absolute atomic E-state index is 13.1. The van der Waals surface area contributed by atoms with Crippen molar-refractivity contribution in [1.82, 2.24) is 4.98 Å². The minimum absolute atomic E-state index is 0.105. The van der Waals surface area contributed by atoms with Crippen LogP contribution in [0.15, 0.2) is 47.3 Å². The number of amides is 1. The van der Waals surface area contributed by atoms with Crippen LogP contribution in [0, 0.1) is 0 Å². The number of rotatable bonds is 1. The molecule has 0 aliphatic carbocycles. The molecular weight excluding hydrogens is 344 g/mol. The van der Waals surface area contributed by atoms with Crippen LogP contribution >= 0.6 is 22.9 Å². The number of hydrogen-bond acceptors (Lipinski definition) is 4. The molecule has 0 saturated heterocycles. The van der Waals surface area contributed by atoms with E-state index in [1.54, 1.807) is 12.1 Å². The Hall–Kier alpha value is -2.50. The SMILES string of the molecule is CC(=O)Nc1nc2ccccc2c2c(=O)c3cc(Cl)ccc3sc12. The monoisotopic (exact) mass is 354 g/mol. The summed E-state index contributed by atoms with van der Waals surface area (Å²) in [6.07, 6.45) is 0.